The van der Waals surface area contributed by atoms with E-state index in [0.717, 1.165) is 7.11 Å². The molecule has 1 aromatic rings. The van der Waals surface area contributed by atoms with Gasteiger partial charge in [-0.2, -0.15) is 4.39 Å². The van der Waals surface area contributed by atoms with Crippen molar-refractivity contribution >= 4 is 5.97 Å². The van der Waals surface area contributed by atoms with Crippen LogP contribution < -0.4 is 0 Å². The van der Waals surface area contributed by atoms with Crippen molar-refractivity contribution in [3.05, 3.63) is 23.3 Å². The van der Waals surface area contributed by atoms with Gasteiger partial charge >= 0.3 is 5.97 Å². The second kappa shape index (κ2) is 4.82. The van der Waals surface area contributed by atoms with E-state index in [-0.39, 0.29) is 0 Å². The van der Waals surface area contributed by atoms with Gasteiger partial charge in [0.1, 0.15) is 5.75 Å². The summed E-state index contributed by atoms with van der Waals surface area (Å²) in [4.78, 5) is 14.0. The van der Waals surface area contributed by atoms with Gasteiger partial charge in [-0.3, -0.25) is 4.79 Å². The van der Waals surface area contributed by atoms with Crippen molar-refractivity contribution in [2.75, 3.05) is 7.11 Å². The van der Waals surface area contributed by atoms with E-state index in [2.05, 4.69) is 9.72 Å². The Morgan fingerprint density at radius 2 is 2.25 bits per heavy atom. The van der Waals surface area contributed by atoms with Gasteiger partial charge in [-0.05, 0) is 0 Å². The van der Waals surface area contributed by atoms with Crippen LogP contribution in [0.4, 0.5) is 13.2 Å². The molecule has 0 aliphatic heterocycles. The van der Waals surface area contributed by atoms with Crippen LogP contribution in [0.25, 0.3) is 0 Å². The SMILES string of the molecule is COC(=O)Cc1nc(F)cc(C(F)F)c1O. The number of methoxy groups -OCH3 is 1. The molecule has 0 aliphatic carbocycles. The highest BCUT2D eigenvalue weighted by atomic mass is 19.3. The highest BCUT2D eigenvalue weighted by Crippen LogP contribution is 2.30. The zero-order valence-electron chi connectivity index (χ0n) is 8.21. The maximum atomic E-state index is 12.8. The van der Waals surface area contributed by atoms with Gasteiger partial charge < -0.3 is 9.84 Å². The predicted molar refractivity (Wildman–Crippen MR) is 46.5 cm³/mol. The van der Waals surface area contributed by atoms with E-state index in [0.29, 0.717) is 6.07 Å². The Labute approximate surface area is 88.7 Å². The maximum Gasteiger partial charge on any atom is 0.311 e. The number of ether oxygens (including phenoxy) is 1. The first kappa shape index (κ1) is 12.3. The van der Waals surface area contributed by atoms with Gasteiger partial charge in [0.2, 0.25) is 5.95 Å². The van der Waals surface area contributed by atoms with Crippen LogP contribution in [-0.2, 0) is 16.0 Å². The van der Waals surface area contributed by atoms with E-state index in [1.807, 2.05) is 0 Å². The molecule has 0 aliphatic rings. The minimum absolute atomic E-state index is 0.417. The molecule has 1 heterocycles. The van der Waals surface area contributed by atoms with Crippen LogP contribution in [0.2, 0.25) is 0 Å². The summed E-state index contributed by atoms with van der Waals surface area (Å²) >= 11 is 0. The summed E-state index contributed by atoms with van der Waals surface area (Å²) in [5.41, 5.74) is -1.37. The van der Waals surface area contributed by atoms with Crippen molar-refractivity contribution in [1.82, 2.24) is 4.98 Å². The van der Waals surface area contributed by atoms with E-state index in [4.69, 9.17) is 0 Å². The number of alkyl halides is 2. The van der Waals surface area contributed by atoms with Crippen LogP contribution in [0.5, 0.6) is 5.75 Å². The topological polar surface area (TPSA) is 59.4 Å². The molecule has 0 amide bonds. The van der Waals surface area contributed by atoms with E-state index < -0.39 is 41.8 Å². The van der Waals surface area contributed by atoms with Crippen molar-refractivity contribution in [3.63, 3.8) is 0 Å². The summed E-state index contributed by atoms with van der Waals surface area (Å²) in [6.07, 6.45) is -3.62. The average molecular weight is 235 g/mol. The molecule has 0 radical (unpaired) electrons. The van der Waals surface area contributed by atoms with Crippen LogP contribution in [0.15, 0.2) is 6.07 Å². The standard InChI is InChI=1S/C9H8F3NO3/c1-16-7(14)3-5-8(15)4(9(11)12)2-6(10)13-5/h2,9,15H,3H2,1H3. The lowest BCUT2D eigenvalue weighted by Gasteiger charge is -2.07. The molecule has 0 unspecified atom stereocenters. The molecule has 88 valence electrons. The van der Waals surface area contributed by atoms with Crippen LogP contribution in [-0.4, -0.2) is 23.2 Å². The number of aromatic nitrogens is 1. The molecule has 16 heavy (non-hydrogen) atoms. The van der Waals surface area contributed by atoms with E-state index >= 15 is 0 Å². The molecule has 0 fully saturated rings. The zero-order chi connectivity index (χ0) is 12.3. The first-order valence-electron chi connectivity index (χ1n) is 4.19. The number of hydrogen-bond donors (Lipinski definition) is 1. The number of esters is 1. The summed E-state index contributed by atoms with van der Waals surface area (Å²) < 4.78 is 41.7. The lowest BCUT2D eigenvalue weighted by Crippen LogP contribution is -2.08. The number of aromatic hydroxyl groups is 1. The summed E-state index contributed by atoms with van der Waals surface area (Å²) in [5, 5.41) is 9.31. The number of nitrogens with zero attached hydrogens (tertiary/aromatic N) is 1. The summed E-state index contributed by atoms with van der Waals surface area (Å²) in [6, 6.07) is 0.417. The number of carbonyl (C=O) groups is 1. The fourth-order valence-electron chi connectivity index (χ4n) is 1.08. The number of rotatable bonds is 3. The molecule has 0 saturated carbocycles. The fourth-order valence-corrected chi connectivity index (χ4v) is 1.08. The quantitative estimate of drug-likeness (QED) is 0.638. The van der Waals surface area contributed by atoms with Crippen LogP contribution in [0, 0.1) is 5.95 Å². The molecule has 1 rings (SSSR count). The van der Waals surface area contributed by atoms with Gasteiger partial charge in [0, 0.05) is 6.07 Å². The molecule has 1 aromatic heterocycles. The summed E-state index contributed by atoms with van der Waals surface area (Å²) in [6.45, 7) is 0. The number of halogens is 3. The van der Waals surface area contributed by atoms with E-state index in [1.54, 1.807) is 0 Å². The minimum Gasteiger partial charge on any atom is -0.506 e. The smallest absolute Gasteiger partial charge is 0.311 e. The molecule has 7 heteroatoms. The maximum absolute atomic E-state index is 12.8. The summed E-state index contributed by atoms with van der Waals surface area (Å²) in [5.74, 6) is -2.89. The third-order valence-corrected chi connectivity index (χ3v) is 1.84. The van der Waals surface area contributed by atoms with E-state index in [1.165, 1.54) is 0 Å². The van der Waals surface area contributed by atoms with Crippen molar-refractivity contribution < 1.29 is 27.8 Å². The number of hydrogen-bond acceptors (Lipinski definition) is 4. The van der Waals surface area contributed by atoms with Gasteiger partial charge in [-0.1, -0.05) is 0 Å². The highest BCUT2D eigenvalue weighted by molar-refractivity contribution is 5.72. The van der Waals surface area contributed by atoms with Crippen molar-refractivity contribution in [3.8, 4) is 5.75 Å². The lowest BCUT2D eigenvalue weighted by molar-refractivity contribution is -0.139. The molecule has 0 saturated heterocycles. The Morgan fingerprint density at radius 3 is 2.75 bits per heavy atom. The lowest BCUT2D eigenvalue weighted by atomic mass is 10.1. The molecule has 4 nitrogen and oxygen atoms in total. The molecule has 1 N–H and O–H groups in total. The second-order valence-corrected chi connectivity index (χ2v) is 2.88. The molecule has 0 bridgehead atoms. The van der Waals surface area contributed by atoms with E-state index in [9.17, 15) is 23.1 Å². The average Bonchev–Trinajstić information content (AvgIpc) is 2.22. The number of carbonyl (C=O) groups excluding carboxylic acids is 1. The molecule has 0 spiro atoms. The second-order valence-electron chi connectivity index (χ2n) is 2.88. The Morgan fingerprint density at radius 1 is 1.62 bits per heavy atom. The van der Waals surface area contributed by atoms with Crippen LogP contribution in [0.3, 0.4) is 0 Å². The van der Waals surface area contributed by atoms with Gasteiger partial charge in [-0.15, -0.1) is 0 Å². The van der Waals surface area contributed by atoms with Crippen molar-refractivity contribution in [2.45, 2.75) is 12.8 Å². The Hall–Kier alpha value is -1.79. The summed E-state index contributed by atoms with van der Waals surface area (Å²) in [7, 11) is 1.08. The van der Waals surface area contributed by atoms with Crippen molar-refractivity contribution in [1.29, 1.82) is 0 Å². The van der Waals surface area contributed by atoms with Crippen LogP contribution >= 0.6 is 0 Å². The van der Waals surface area contributed by atoms with Gasteiger partial charge in [0.05, 0.1) is 24.8 Å². The Balaban J connectivity index is 3.14. The molecule has 0 aromatic carbocycles. The largest absolute Gasteiger partial charge is 0.506 e. The van der Waals surface area contributed by atoms with Crippen LogP contribution in [0.1, 0.15) is 17.7 Å². The van der Waals surface area contributed by atoms with Gasteiger partial charge in [0.25, 0.3) is 6.43 Å². The molecule has 0 atom stereocenters. The van der Waals surface area contributed by atoms with Crippen molar-refractivity contribution in [2.24, 2.45) is 0 Å². The number of pyridine rings is 1. The Bertz CT molecular complexity index is 409. The predicted octanol–water partition coefficient (Wildman–Crippen LogP) is 1.58. The molecular weight excluding hydrogens is 227 g/mol. The Kier molecular flexibility index (Phi) is 3.70. The first-order chi connectivity index (χ1) is 7.45. The highest BCUT2D eigenvalue weighted by Gasteiger charge is 2.20. The zero-order valence-corrected chi connectivity index (χ0v) is 8.21. The molecular formula is C9H8F3NO3. The third kappa shape index (κ3) is 2.62. The first-order valence-corrected chi connectivity index (χ1v) is 4.19. The fraction of sp³-hybridized carbons (Fsp3) is 0.333. The normalized spacial score (nSPS) is 10.6. The monoisotopic (exact) mass is 235 g/mol. The third-order valence-electron chi connectivity index (χ3n) is 1.84. The van der Waals surface area contributed by atoms with Gasteiger partial charge in [0.15, 0.2) is 0 Å². The minimum atomic E-state index is -3.05. The van der Waals surface area contributed by atoms with Gasteiger partial charge in [-0.25, -0.2) is 13.8 Å².